The number of rotatable bonds is 4. The molecule has 0 radical (unpaired) electrons. The molecular formula is C14H14BrN3OS. The summed E-state index contributed by atoms with van der Waals surface area (Å²) >= 11 is 5.17. The highest BCUT2D eigenvalue weighted by Crippen LogP contribution is 2.29. The first-order valence-corrected chi connectivity index (χ1v) is 7.96. The zero-order valence-corrected chi connectivity index (χ0v) is 13.4. The molecule has 2 aromatic heterocycles. The largest absolute Gasteiger partial charge is 0.492 e. The Morgan fingerprint density at radius 1 is 1.45 bits per heavy atom. The van der Waals surface area contributed by atoms with E-state index in [0.29, 0.717) is 19.1 Å². The number of imidazole rings is 1. The van der Waals surface area contributed by atoms with Crippen LogP contribution in [0.15, 0.2) is 34.1 Å². The van der Waals surface area contributed by atoms with Crippen molar-refractivity contribution < 1.29 is 4.74 Å². The molecule has 0 spiro atoms. The summed E-state index contributed by atoms with van der Waals surface area (Å²) in [4.78, 5) is 5.67. The lowest BCUT2D eigenvalue weighted by Crippen LogP contribution is -2.03. The van der Waals surface area contributed by atoms with E-state index in [9.17, 15) is 0 Å². The number of halogens is 1. The summed E-state index contributed by atoms with van der Waals surface area (Å²) < 4.78 is 8.71. The van der Waals surface area contributed by atoms with Crippen molar-refractivity contribution in [1.29, 1.82) is 0 Å². The quantitative estimate of drug-likeness (QED) is 0.775. The molecule has 0 unspecified atom stereocenters. The number of fused-ring (bicyclic) bond motifs is 1. The maximum absolute atomic E-state index is 6.06. The third kappa shape index (κ3) is 2.41. The van der Waals surface area contributed by atoms with Crippen LogP contribution in [0.4, 0.5) is 5.95 Å². The highest BCUT2D eigenvalue weighted by molar-refractivity contribution is 9.10. The number of nitrogens with two attached hydrogens (primary N) is 1. The van der Waals surface area contributed by atoms with Crippen LogP contribution in [-0.2, 0) is 6.54 Å². The number of thiophene rings is 1. The van der Waals surface area contributed by atoms with Gasteiger partial charge in [-0.3, -0.25) is 0 Å². The first-order chi connectivity index (χ1) is 9.69. The van der Waals surface area contributed by atoms with Crippen molar-refractivity contribution in [3.63, 3.8) is 0 Å². The third-order valence-electron chi connectivity index (χ3n) is 3.01. The minimum Gasteiger partial charge on any atom is -0.492 e. The van der Waals surface area contributed by atoms with Crippen molar-refractivity contribution >= 4 is 44.2 Å². The van der Waals surface area contributed by atoms with Gasteiger partial charge in [-0.05, 0) is 41.1 Å². The second-order valence-electron chi connectivity index (χ2n) is 4.34. The minimum absolute atomic E-state index is 0.511. The second kappa shape index (κ2) is 5.46. The minimum atomic E-state index is 0.511. The predicted octanol–water partition coefficient (Wildman–Crippen LogP) is 3.89. The van der Waals surface area contributed by atoms with E-state index in [-0.39, 0.29) is 0 Å². The van der Waals surface area contributed by atoms with Crippen LogP contribution in [0.5, 0.6) is 5.75 Å². The standard InChI is InChI=1S/C14H14BrN3OS/c1-2-19-12-5-3-4-11-13(12)17-14(16)18(11)7-10-6-9(15)8-20-10/h3-6,8H,2,7H2,1H3,(H2,16,17). The number of ether oxygens (including phenoxy) is 1. The summed E-state index contributed by atoms with van der Waals surface area (Å²) in [5, 5.41) is 2.07. The number of hydrogen-bond acceptors (Lipinski definition) is 4. The van der Waals surface area contributed by atoms with Crippen molar-refractivity contribution in [2.45, 2.75) is 13.5 Å². The third-order valence-corrected chi connectivity index (χ3v) is 4.69. The fourth-order valence-electron chi connectivity index (χ4n) is 2.17. The molecule has 1 aromatic carbocycles. The van der Waals surface area contributed by atoms with E-state index in [2.05, 4.69) is 32.4 Å². The summed E-state index contributed by atoms with van der Waals surface area (Å²) in [6.45, 7) is 3.29. The number of aromatic nitrogens is 2. The Labute approximate surface area is 129 Å². The zero-order valence-electron chi connectivity index (χ0n) is 11.0. The van der Waals surface area contributed by atoms with Crippen molar-refractivity contribution in [3.05, 3.63) is 39.0 Å². The Morgan fingerprint density at radius 3 is 3.00 bits per heavy atom. The van der Waals surface area contributed by atoms with E-state index in [1.165, 1.54) is 4.88 Å². The molecule has 0 amide bonds. The normalized spacial score (nSPS) is 11.1. The van der Waals surface area contributed by atoms with Gasteiger partial charge >= 0.3 is 0 Å². The van der Waals surface area contributed by atoms with E-state index >= 15 is 0 Å². The van der Waals surface area contributed by atoms with Gasteiger partial charge in [0.2, 0.25) is 5.95 Å². The smallest absolute Gasteiger partial charge is 0.201 e. The number of para-hydroxylation sites is 1. The van der Waals surface area contributed by atoms with Crippen molar-refractivity contribution in [1.82, 2.24) is 9.55 Å². The Kier molecular flexibility index (Phi) is 3.67. The highest BCUT2D eigenvalue weighted by atomic mass is 79.9. The molecule has 3 rings (SSSR count). The Balaban J connectivity index is 2.06. The number of benzene rings is 1. The molecular weight excluding hydrogens is 338 g/mol. The van der Waals surface area contributed by atoms with E-state index < -0.39 is 0 Å². The molecule has 0 aliphatic rings. The topological polar surface area (TPSA) is 53.1 Å². The van der Waals surface area contributed by atoms with Crippen LogP contribution in [-0.4, -0.2) is 16.2 Å². The average molecular weight is 352 g/mol. The molecule has 0 saturated carbocycles. The Hall–Kier alpha value is -1.53. The summed E-state index contributed by atoms with van der Waals surface area (Å²) in [6.07, 6.45) is 0. The van der Waals surface area contributed by atoms with Crippen LogP contribution in [0.3, 0.4) is 0 Å². The summed E-state index contributed by atoms with van der Waals surface area (Å²) in [7, 11) is 0. The predicted molar refractivity (Wildman–Crippen MR) is 86.4 cm³/mol. The van der Waals surface area contributed by atoms with Gasteiger partial charge in [0, 0.05) is 14.7 Å². The van der Waals surface area contributed by atoms with Crippen LogP contribution >= 0.6 is 27.3 Å². The van der Waals surface area contributed by atoms with Crippen LogP contribution < -0.4 is 10.5 Å². The summed E-state index contributed by atoms with van der Waals surface area (Å²) in [5.74, 6) is 1.29. The number of nitrogens with zero attached hydrogens (tertiary/aromatic N) is 2. The van der Waals surface area contributed by atoms with Crippen LogP contribution in [0.2, 0.25) is 0 Å². The lowest BCUT2D eigenvalue weighted by molar-refractivity contribution is 0.343. The van der Waals surface area contributed by atoms with E-state index in [1.807, 2.05) is 29.7 Å². The zero-order chi connectivity index (χ0) is 14.1. The van der Waals surface area contributed by atoms with Gasteiger partial charge in [0.1, 0.15) is 11.3 Å². The van der Waals surface area contributed by atoms with Crippen molar-refractivity contribution in [2.75, 3.05) is 12.3 Å². The number of anilines is 1. The molecule has 0 aliphatic carbocycles. The number of hydrogen-bond donors (Lipinski definition) is 1. The van der Waals surface area contributed by atoms with Gasteiger partial charge in [0.05, 0.1) is 18.7 Å². The van der Waals surface area contributed by atoms with Crippen LogP contribution in [0.1, 0.15) is 11.8 Å². The van der Waals surface area contributed by atoms with Gasteiger partial charge in [0.15, 0.2) is 0 Å². The molecule has 6 heteroatoms. The van der Waals surface area contributed by atoms with Gasteiger partial charge in [-0.15, -0.1) is 11.3 Å². The van der Waals surface area contributed by atoms with E-state index in [0.717, 1.165) is 21.3 Å². The molecule has 0 saturated heterocycles. The Morgan fingerprint density at radius 2 is 2.30 bits per heavy atom. The summed E-state index contributed by atoms with van der Waals surface area (Å²) in [5.41, 5.74) is 7.88. The molecule has 0 bridgehead atoms. The maximum atomic E-state index is 6.06. The van der Waals surface area contributed by atoms with Gasteiger partial charge in [-0.25, -0.2) is 4.98 Å². The van der Waals surface area contributed by atoms with E-state index in [1.54, 1.807) is 11.3 Å². The van der Waals surface area contributed by atoms with E-state index in [4.69, 9.17) is 10.5 Å². The fourth-order valence-corrected chi connectivity index (χ4v) is 3.61. The van der Waals surface area contributed by atoms with Gasteiger partial charge < -0.3 is 15.0 Å². The lowest BCUT2D eigenvalue weighted by atomic mass is 10.3. The fraction of sp³-hybridized carbons (Fsp3) is 0.214. The monoisotopic (exact) mass is 351 g/mol. The van der Waals surface area contributed by atoms with Gasteiger partial charge in [-0.2, -0.15) is 0 Å². The Bertz CT molecular complexity index is 750. The molecule has 3 aromatic rings. The molecule has 104 valence electrons. The number of nitrogen functional groups attached to an aromatic ring is 1. The molecule has 0 fully saturated rings. The maximum Gasteiger partial charge on any atom is 0.201 e. The molecule has 4 nitrogen and oxygen atoms in total. The van der Waals surface area contributed by atoms with Crippen LogP contribution in [0, 0.1) is 0 Å². The van der Waals surface area contributed by atoms with Gasteiger partial charge in [-0.1, -0.05) is 6.07 Å². The molecule has 20 heavy (non-hydrogen) atoms. The average Bonchev–Trinajstić information content (AvgIpc) is 2.97. The SMILES string of the molecule is CCOc1cccc2c1nc(N)n2Cc1cc(Br)cs1. The highest BCUT2D eigenvalue weighted by Gasteiger charge is 2.13. The lowest BCUT2D eigenvalue weighted by Gasteiger charge is -2.06. The first-order valence-electron chi connectivity index (χ1n) is 6.29. The van der Waals surface area contributed by atoms with Crippen molar-refractivity contribution in [3.8, 4) is 5.75 Å². The first kappa shape index (κ1) is 13.5. The molecule has 0 atom stereocenters. The molecule has 2 N–H and O–H groups in total. The molecule has 2 heterocycles. The summed E-state index contributed by atoms with van der Waals surface area (Å²) in [6, 6.07) is 8.01. The van der Waals surface area contributed by atoms with Gasteiger partial charge in [0.25, 0.3) is 0 Å². The van der Waals surface area contributed by atoms with Crippen molar-refractivity contribution in [2.24, 2.45) is 0 Å². The molecule has 0 aliphatic heterocycles. The van der Waals surface area contributed by atoms with Crippen LogP contribution in [0.25, 0.3) is 11.0 Å². The second-order valence-corrected chi connectivity index (χ2v) is 6.26.